The van der Waals surface area contributed by atoms with E-state index in [-0.39, 0.29) is 29.7 Å². The molecule has 2 aromatic heterocycles. The number of pyridine rings is 1. The highest BCUT2D eigenvalue weighted by Crippen LogP contribution is 2.70. The van der Waals surface area contributed by atoms with Gasteiger partial charge in [-0.2, -0.15) is 0 Å². The van der Waals surface area contributed by atoms with Gasteiger partial charge in [-0.05, 0) is 44.9 Å². The minimum atomic E-state index is -2.87. The third-order valence-electron chi connectivity index (χ3n) is 11.8. The first kappa shape index (κ1) is 44.7. The van der Waals surface area contributed by atoms with Crippen LogP contribution in [0.15, 0.2) is 41.3 Å². The lowest BCUT2D eigenvalue weighted by Crippen LogP contribution is -2.89. The second-order valence-electron chi connectivity index (χ2n) is 16.1. The van der Waals surface area contributed by atoms with Crippen molar-refractivity contribution in [2.75, 3.05) is 13.2 Å². The number of ether oxygens (including phenoxy) is 9. The minimum Gasteiger partial charge on any atom is -0.472 e. The summed E-state index contributed by atoms with van der Waals surface area (Å²) in [5.74, 6) is -10.8. The molecule has 330 valence electrons. The molecule has 20 nitrogen and oxygen atoms in total. The maximum Gasteiger partial charge on any atom is 0.341 e. The molecule has 6 rings (SSSR count). The molecule has 20 heteroatoms. The van der Waals surface area contributed by atoms with Crippen LogP contribution in [0.2, 0.25) is 0 Å². The van der Waals surface area contributed by atoms with Gasteiger partial charge in [0.25, 0.3) is 0 Å². The van der Waals surface area contributed by atoms with Crippen LogP contribution in [0.4, 0.5) is 0 Å². The highest BCUT2D eigenvalue weighted by Gasteiger charge is 2.92. The van der Waals surface area contributed by atoms with Crippen molar-refractivity contribution in [3.05, 3.63) is 53.7 Å². The number of hydrogen-bond acceptors (Lipinski definition) is 20. The van der Waals surface area contributed by atoms with E-state index < -0.39 is 132 Å². The molecule has 12 atom stereocenters. The third kappa shape index (κ3) is 7.59. The largest absolute Gasteiger partial charge is 0.472 e. The van der Waals surface area contributed by atoms with E-state index in [0.717, 1.165) is 54.1 Å². The van der Waals surface area contributed by atoms with E-state index in [2.05, 4.69) is 4.98 Å². The fourth-order valence-corrected chi connectivity index (χ4v) is 9.54. The first-order valence-corrected chi connectivity index (χ1v) is 19.4. The molecule has 0 aromatic carbocycles. The number of esters is 8. The van der Waals surface area contributed by atoms with Crippen molar-refractivity contribution >= 4 is 47.8 Å². The highest BCUT2D eigenvalue weighted by atomic mass is 16.7. The Kier molecular flexibility index (Phi) is 12.1. The molecule has 1 N–H and O–H groups in total. The van der Waals surface area contributed by atoms with E-state index in [9.17, 15) is 43.5 Å². The smallest absolute Gasteiger partial charge is 0.341 e. The summed E-state index contributed by atoms with van der Waals surface area (Å²) in [7, 11) is 0. The summed E-state index contributed by atoms with van der Waals surface area (Å²) in [6.07, 6.45) is -8.59. The molecular formula is C41H47NO19. The molecule has 0 radical (unpaired) electrons. The van der Waals surface area contributed by atoms with Crippen molar-refractivity contribution in [1.82, 2.24) is 4.98 Å². The van der Waals surface area contributed by atoms with Gasteiger partial charge in [-0.25, -0.2) is 9.59 Å². The topological polar surface area (TPSA) is 266 Å². The lowest BCUT2D eigenvalue weighted by Gasteiger charge is -2.67. The molecule has 3 fully saturated rings. The number of cyclic esters (lactones) is 1. The summed E-state index contributed by atoms with van der Waals surface area (Å²) in [6.45, 7) is 7.05. The second-order valence-corrected chi connectivity index (χ2v) is 16.1. The van der Waals surface area contributed by atoms with Gasteiger partial charge in [-0.3, -0.25) is 33.8 Å². The number of aliphatic hydroxyl groups is 1. The Morgan fingerprint density at radius 3 is 2.05 bits per heavy atom. The van der Waals surface area contributed by atoms with Crippen molar-refractivity contribution in [1.29, 1.82) is 0 Å². The van der Waals surface area contributed by atoms with Gasteiger partial charge in [0.2, 0.25) is 0 Å². The van der Waals surface area contributed by atoms with E-state index >= 15 is 0 Å². The molecule has 1 spiro atoms. The van der Waals surface area contributed by atoms with Crippen LogP contribution in [0.5, 0.6) is 0 Å². The van der Waals surface area contributed by atoms with Crippen molar-refractivity contribution in [2.24, 2.45) is 17.3 Å². The van der Waals surface area contributed by atoms with E-state index in [1.165, 1.54) is 38.2 Å². The minimum absolute atomic E-state index is 0.0163. The Morgan fingerprint density at radius 2 is 1.46 bits per heavy atom. The lowest BCUT2D eigenvalue weighted by molar-refractivity contribution is -0.386. The fraction of sp³-hybridized carbons (Fsp3) is 0.585. The van der Waals surface area contributed by atoms with E-state index in [1.54, 1.807) is 0 Å². The van der Waals surface area contributed by atoms with Crippen LogP contribution in [0, 0.1) is 17.3 Å². The van der Waals surface area contributed by atoms with Gasteiger partial charge in [-0.1, -0.05) is 6.92 Å². The van der Waals surface area contributed by atoms with Crippen LogP contribution in [-0.4, -0.2) is 124 Å². The number of aromatic nitrogens is 1. The molecule has 2 aliphatic heterocycles. The average Bonchev–Trinajstić information content (AvgIpc) is 3.79. The standard InChI is InChI=1S/C41H47NO19/c1-19-11-12-27-26(10-9-14-42-27)37(50)54-17-38(7)28-29(55-21(3)44)33(57-23(5)46)40(18-53-20(2)43)34(58-24(6)47)30(59-36(49)25-13-15-52-16-25)32(60-35(19)48)39(8,51)41(40,61-38)31(28)56-22(4)45/h9-10,13-16,19,28-34,51H,11-12,17-18H2,1-8H3/t19-,28+,29+,30-,31+,32-,33+,34-,38+,39+,40+,41-/m0/s1. The number of carbonyl (C=O) groups is 8. The number of fused-ring (bicyclic) bond motifs is 5. The van der Waals surface area contributed by atoms with Crippen LogP contribution < -0.4 is 0 Å². The van der Waals surface area contributed by atoms with Gasteiger partial charge in [0.15, 0.2) is 30.0 Å². The highest BCUT2D eigenvalue weighted by molar-refractivity contribution is 5.91. The second kappa shape index (κ2) is 16.5. The van der Waals surface area contributed by atoms with Crippen molar-refractivity contribution in [3.63, 3.8) is 0 Å². The Hall–Kier alpha value is -5.89. The van der Waals surface area contributed by atoms with Crippen LogP contribution in [0.3, 0.4) is 0 Å². The summed E-state index contributed by atoms with van der Waals surface area (Å²) in [5.41, 5.74) is -10.3. The van der Waals surface area contributed by atoms with Crippen LogP contribution >= 0.6 is 0 Å². The molecule has 0 amide bonds. The molecule has 0 unspecified atom stereocenters. The Bertz CT molecular complexity index is 2100. The van der Waals surface area contributed by atoms with E-state index in [1.807, 2.05) is 0 Å². The van der Waals surface area contributed by atoms with Gasteiger partial charge in [-0.15, -0.1) is 0 Å². The summed E-state index contributed by atoms with van der Waals surface area (Å²) in [5, 5.41) is 13.6. The maximum atomic E-state index is 14.3. The number of nitrogens with zero attached hydrogens (tertiary/aromatic N) is 1. The molecule has 61 heavy (non-hydrogen) atoms. The molecule has 2 aromatic rings. The first-order chi connectivity index (χ1) is 28.6. The first-order valence-electron chi connectivity index (χ1n) is 19.4. The zero-order valence-electron chi connectivity index (χ0n) is 34.7. The Balaban J connectivity index is 1.77. The molecule has 4 heterocycles. The number of rotatable bonds is 8. The zero-order chi connectivity index (χ0) is 44.8. The van der Waals surface area contributed by atoms with Gasteiger partial charge >= 0.3 is 47.8 Å². The predicted molar refractivity (Wildman–Crippen MR) is 197 cm³/mol. The molecule has 4 aliphatic rings. The Morgan fingerprint density at radius 1 is 0.836 bits per heavy atom. The van der Waals surface area contributed by atoms with E-state index in [0.29, 0.717) is 0 Å². The maximum absolute atomic E-state index is 14.3. The molecule has 4 bridgehead atoms. The van der Waals surface area contributed by atoms with Crippen molar-refractivity contribution in [2.45, 2.75) is 122 Å². The van der Waals surface area contributed by atoms with Crippen molar-refractivity contribution in [3.8, 4) is 0 Å². The summed E-state index contributed by atoms with van der Waals surface area (Å²) in [4.78, 5) is 113. The number of carbonyl (C=O) groups excluding carboxylic acids is 8. The number of hydrogen-bond donors (Lipinski definition) is 1. The van der Waals surface area contributed by atoms with Crippen LogP contribution in [0.25, 0.3) is 0 Å². The predicted octanol–water partition coefficient (Wildman–Crippen LogP) is 1.75. The monoisotopic (exact) mass is 857 g/mol. The lowest BCUT2D eigenvalue weighted by atomic mass is 9.45. The van der Waals surface area contributed by atoms with Gasteiger partial charge < -0.3 is 52.2 Å². The van der Waals surface area contributed by atoms with Crippen LogP contribution in [-0.2, 0) is 77.8 Å². The number of aryl methyl sites for hydroxylation is 1. The third-order valence-corrected chi connectivity index (χ3v) is 11.8. The molecule has 1 saturated heterocycles. The summed E-state index contributed by atoms with van der Waals surface area (Å²) < 4.78 is 60.1. The molecule has 2 saturated carbocycles. The SMILES string of the molecule is CC(=O)OC[C@]12[C@H](OC(C)=O)[C@H](OC(C)=O)[C@@H]3[C@@H](OC(C)=O)[C@@]14O[C@]3(C)COC(=O)c1cccnc1CC[C@H](C)C(=O)O[C@@H]([C@H](OC(=O)c1ccoc1)[C@@H]2OC(C)=O)[C@@]4(C)O. The van der Waals surface area contributed by atoms with Gasteiger partial charge in [0.05, 0.1) is 34.9 Å². The fourth-order valence-electron chi connectivity index (χ4n) is 9.54. The quantitative estimate of drug-likeness (QED) is 0.293. The van der Waals surface area contributed by atoms with Gasteiger partial charge in [0, 0.05) is 40.8 Å². The Labute approximate surface area is 348 Å². The molecule has 2 aliphatic carbocycles. The summed E-state index contributed by atoms with van der Waals surface area (Å²) in [6, 6.07) is 4.17. The summed E-state index contributed by atoms with van der Waals surface area (Å²) >= 11 is 0. The van der Waals surface area contributed by atoms with E-state index in [4.69, 9.17) is 47.0 Å². The van der Waals surface area contributed by atoms with Crippen LogP contribution in [0.1, 0.15) is 88.2 Å². The normalized spacial score (nSPS) is 35.4. The average molecular weight is 858 g/mol. The van der Waals surface area contributed by atoms with Gasteiger partial charge in [0.1, 0.15) is 48.3 Å². The van der Waals surface area contributed by atoms with Crippen molar-refractivity contribution < 1.29 is 90.5 Å². The molecular weight excluding hydrogens is 810 g/mol. The number of furan rings is 1. The zero-order valence-corrected chi connectivity index (χ0v) is 34.7.